The molecule has 0 atom stereocenters. The molecular formula is C22H28N4O4. The monoisotopic (exact) mass is 412 g/mol. The lowest BCUT2D eigenvalue weighted by Crippen LogP contribution is -2.52. The number of carbonyl (C=O) groups is 2. The van der Waals surface area contributed by atoms with Crippen molar-refractivity contribution in [2.24, 2.45) is 0 Å². The normalized spacial score (nSPS) is 17.2. The molecule has 2 aliphatic rings. The smallest absolute Gasteiger partial charge is 0.410 e. The van der Waals surface area contributed by atoms with Gasteiger partial charge >= 0.3 is 11.8 Å². The number of carbonyl (C=O) groups excluding carboxylic acids is 2. The third-order valence-corrected chi connectivity index (χ3v) is 5.34. The first-order chi connectivity index (χ1) is 14.2. The van der Waals surface area contributed by atoms with Crippen molar-refractivity contribution in [1.29, 1.82) is 0 Å². The number of piperazine rings is 1. The Kier molecular flexibility index (Phi) is 5.17. The van der Waals surface area contributed by atoms with E-state index in [2.05, 4.69) is 4.98 Å². The molecular weight excluding hydrogens is 384 g/mol. The van der Waals surface area contributed by atoms with Crippen molar-refractivity contribution in [2.75, 3.05) is 26.2 Å². The molecule has 1 aromatic heterocycles. The van der Waals surface area contributed by atoms with Gasteiger partial charge in [-0.25, -0.2) is 9.59 Å². The lowest BCUT2D eigenvalue weighted by atomic mass is 10.2. The van der Waals surface area contributed by atoms with Crippen LogP contribution in [0.3, 0.4) is 0 Å². The molecule has 2 amide bonds. The van der Waals surface area contributed by atoms with Crippen molar-refractivity contribution in [1.82, 2.24) is 19.4 Å². The number of rotatable bonds is 3. The van der Waals surface area contributed by atoms with Gasteiger partial charge in [0.1, 0.15) is 11.3 Å². The highest BCUT2D eigenvalue weighted by atomic mass is 16.6. The molecule has 1 saturated heterocycles. The zero-order chi connectivity index (χ0) is 21.5. The molecule has 160 valence electrons. The summed E-state index contributed by atoms with van der Waals surface area (Å²) in [7, 11) is 0. The van der Waals surface area contributed by atoms with Crippen molar-refractivity contribution >= 4 is 12.0 Å². The van der Waals surface area contributed by atoms with Crippen LogP contribution >= 0.6 is 0 Å². The molecule has 8 heteroatoms. The van der Waals surface area contributed by atoms with Crippen molar-refractivity contribution in [3.05, 3.63) is 52.2 Å². The van der Waals surface area contributed by atoms with Crippen LogP contribution in [0.15, 0.2) is 35.1 Å². The number of para-hydroxylation sites is 1. The first kappa shape index (κ1) is 20.3. The maximum atomic E-state index is 13.5. The topological polar surface area (TPSA) is 87.6 Å². The zero-order valence-corrected chi connectivity index (χ0v) is 17.7. The number of hydrogen-bond donors (Lipinski definition) is 1. The SMILES string of the molecule is CC(C)(C)OC(=O)N1CCN(C(=O)c2c(C3CC3)[nH]c(=O)n2-c2ccccc2)CC1. The van der Waals surface area contributed by atoms with Crippen LogP contribution in [0.4, 0.5) is 4.79 Å². The predicted molar refractivity (Wildman–Crippen MR) is 112 cm³/mol. The summed E-state index contributed by atoms with van der Waals surface area (Å²) < 4.78 is 6.91. The van der Waals surface area contributed by atoms with Crippen LogP contribution < -0.4 is 5.69 Å². The van der Waals surface area contributed by atoms with Crippen LogP contribution in [0.25, 0.3) is 5.69 Å². The number of aromatic amines is 1. The summed E-state index contributed by atoms with van der Waals surface area (Å²) in [5.41, 5.74) is 0.961. The van der Waals surface area contributed by atoms with Crippen molar-refractivity contribution in [2.45, 2.75) is 45.1 Å². The predicted octanol–water partition coefficient (Wildman–Crippen LogP) is 2.74. The van der Waals surface area contributed by atoms with E-state index in [0.29, 0.717) is 37.6 Å². The molecule has 4 rings (SSSR count). The summed E-state index contributed by atoms with van der Waals surface area (Å²) in [6.45, 7) is 7.10. The summed E-state index contributed by atoms with van der Waals surface area (Å²) in [4.78, 5) is 44.8. The second kappa shape index (κ2) is 7.66. The average Bonchev–Trinajstić information content (AvgIpc) is 3.49. The molecule has 1 aliphatic carbocycles. The Morgan fingerprint density at radius 2 is 1.60 bits per heavy atom. The summed E-state index contributed by atoms with van der Waals surface area (Å²) in [5, 5.41) is 0. The van der Waals surface area contributed by atoms with E-state index in [1.807, 2.05) is 51.1 Å². The fourth-order valence-electron chi connectivity index (χ4n) is 3.72. The van der Waals surface area contributed by atoms with Gasteiger partial charge in [-0.05, 0) is 45.7 Å². The number of nitrogens with zero attached hydrogens (tertiary/aromatic N) is 3. The first-order valence-electron chi connectivity index (χ1n) is 10.4. The van der Waals surface area contributed by atoms with E-state index in [1.165, 1.54) is 4.57 Å². The van der Waals surface area contributed by atoms with Gasteiger partial charge in [-0.1, -0.05) is 18.2 Å². The van der Waals surface area contributed by atoms with Crippen LogP contribution in [-0.4, -0.2) is 63.1 Å². The van der Waals surface area contributed by atoms with Crippen LogP contribution in [0, 0.1) is 0 Å². The van der Waals surface area contributed by atoms with Crippen molar-refractivity contribution in [3.63, 3.8) is 0 Å². The van der Waals surface area contributed by atoms with E-state index in [1.54, 1.807) is 9.80 Å². The number of imidazole rings is 1. The van der Waals surface area contributed by atoms with Crippen LogP contribution in [0.1, 0.15) is 55.7 Å². The number of benzene rings is 1. The highest BCUT2D eigenvalue weighted by molar-refractivity contribution is 5.95. The molecule has 0 spiro atoms. The molecule has 2 heterocycles. The van der Waals surface area contributed by atoms with Crippen LogP contribution in [0.2, 0.25) is 0 Å². The Hall–Kier alpha value is -3.03. The summed E-state index contributed by atoms with van der Waals surface area (Å²) >= 11 is 0. The minimum atomic E-state index is -0.555. The molecule has 1 aliphatic heterocycles. The molecule has 1 N–H and O–H groups in total. The standard InChI is InChI=1S/C22H28N4O4/c1-22(2,3)30-21(29)25-13-11-24(12-14-25)19(27)18-17(15-9-10-15)23-20(28)26(18)16-7-5-4-6-8-16/h4-8,15H,9-14H2,1-3H3,(H,23,28). The van der Waals surface area contributed by atoms with E-state index in [0.717, 1.165) is 18.5 Å². The quantitative estimate of drug-likeness (QED) is 0.840. The number of aromatic nitrogens is 2. The minimum absolute atomic E-state index is 0.178. The zero-order valence-electron chi connectivity index (χ0n) is 17.7. The Bertz CT molecular complexity index is 990. The van der Waals surface area contributed by atoms with Gasteiger partial charge in [0.15, 0.2) is 0 Å². The van der Waals surface area contributed by atoms with E-state index in [9.17, 15) is 14.4 Å². The third-order valence-electron chi connectivity index (χ3n) is 5.34. The lowest BCUT2D eigenvalue weighted by molar-refractivity contribution is 0.0139. The molecule has 2 aromatic rings. The van der Waals surface area contributed by atoms with E-state index < -0.39 is 5.60 Å². The molecule has 0 radical (unpaired) electrons. The van der Waals surface area contributed by atoms with Crippen molar-refractivity contribution in [3.8, 4) is 5.69 Å². The van der Waals surface area contributed by atoms with E-state index in [-0.39, 0.29) is 23.6 Å². The molecule has 1 saturated carbocycles. The van der Waals surface area contributed by atoms with E-state index >= 15 is 0 Å². The van der Waals surface area contributed by atoms with Gasteiger partial charge in [0, 0.05) is 32.1 Å². The van der Waals surface area contributed by atoms with E-state index in [4.69, 9.17) is 4.74 Å². The van der Waals surface area contributed by atoms with Gasteiger partial charge in [0.25, 0.3) is 5.91 Å². The molecule has 30 heavy (non-hydrogen) atoms. The number of H-pyrrole nitrogens is 1. The number of hydrogen-bond acceptors (Lipinski definition) is 4. The fraction of sp³-hybridized carbons (Fsp3) is 0.500. The second-order valence-corrected chi connectivity index (χ2v) is 8.90. The molecule has 0 bridgehead atoms. The maximum absolute atomic E-state index is 13.5. The molecule has 2 fully saturated rings. The van der Waals surface area contributed by atoms with Crippen LogP contribution in [-0.2, 0) is 4.74 Å². The van der Waals surface area contributed by atoms with Gasteiger partial charge < -0.3 is 19.5 Å². The van der Waals surface area contributed by atoms with Crippen molar-refractivity contribution < 1.29 is 14.3 Å². The molecule has 8 nitrogen and oxygen atoms in total. The van der Waals surface area contributed by atoms with Gasteiger partial charge in [-0.2, -0.15) is 0 Å². The van der Waals surface area contributed by atoms with Gasteiger partial charge in [0.05, 0.1) is 11.4 Å². The summed E-state index contributed by atoms with van der Waals surface area (Å²) in [6.07, 6.45) is 1.58. The second-order valence-electron chi connectivity index (χ2n) is 8.90. The highest BCUT2D eigenvalue weighted by Gasteiger charge is 2.36. The third kappa shape index (κ3) is 4.13. The van der Waals surface area contributed by atoms with Gasteiger partial charge in [0.2, 0.25) is 0 Å². The highest BCUT2D eigenvalue weighted by Crippen LogP contribution is 2.41. The fourth-order valence-corrected chi connectivity index (χ4v) is 3.72. The Balaban J connectivity index is 1.56. The Morgan fingerprint density at radius 3 is 2.17 bits per heavy atom. The largest absolute Gasteiger partial charge is 0.444 e. The van der Waals surface area contributed by atoms with Crippen LogP contribution in [0.5, 0.6) is 0 Å². The lowest BCUT2D eigenvalue weighted by Gasteiger charge is -2.35. The molecule has 0 unspecified atom stereocenters. The Labute approximate surface area is 175 Å². The van der Waals surface area contributed by atoms with Gasteiger partial charge in [-0.15, -0.1) is 0 Å². The molecule has 1 aromatic carbocycles. The minimum Gasteiger partial charge on any atom is -0.444 e. The summed E-state index contributed by atoms with van der Waals surface area (Å²) in [5.74, 6) is 0.0487. The first-order valence-corrected chi connectivity index (χ1v) is 10.4. The Morgan fingerprint density at radius 1 is 1.00 bits per heavy atom. The maximum Gasteiger partial charge on any atom is 0.410 e. The number of ether oxygens (including phenoxy) is 1. The number of amides is 2. The summed E-state index contributed by atoms with van der Waals surface area (Å²) in [6, 6.07) is 9.21. The number of nitrogens with one attached hydrogen (secondary N) is 1. The average molecular weight is 412 g/mol. The van der Waals surface area contributed by atoms with Gasteiger partial charge in [-0.3, -0.25) is 9.36 Å².